The number of aliphatic imine (C=N–C) groups is 2. The van der Waals surface area contributed by atoms with Gasteiger partial charge in [0.1, 0.15) is 10.6 Å². The molecule has 27 heavy (non-hydrogen) atoms. The van der Waals surface area contributed by atoms with Gasteiger partial charge in [-0.25, -0.2) is 13.4 Å². The van der Waals surface area contributed by atoms with Crippen LogP contribution in [0.15, 0.2) is 39.1 Å². The lowest BCUT2D eigenvalue weighted by molar-refractivity contribution is 0.304. The van der Waals surface area contributed by atoms with Crippen LogP contribution in [0.2, 0.25) is 0 Å². The van der Waals surface area contributed by atoms with Crippen LogP contribution < -0.4 is 16.4 Å². The van der Waals surface area contributed by atoms with E-state index in [4.69, 9.17) is 11.5 Å². The summed E-state index contributed by atoms with van der Waals surface area (Å²) >= 11 is 0. The van der Waals surface area contributed by atoms with Crippen molar-refractivity contribution in [2.45, 2.75) is 56.5 Å². The number of nitrogens with zero attached hydrogens (tertiary/aromatic N) is 4. The quantitative estimate of drug-likeness (QED) is 0.793. The molecule has 0 saturated heterocycles. The van der Waals surface area contributed by atoms with E-state index in [9.17, 15) is 8.42 Å². The van der Waals surface area contributed by atoms with E-state index in [1.807, 2.05) is 19.9 Å². The molecule has 3 rings (SSSR count). The minimum Gasteiger partial charge on any atom is -0.369 e. The van der Waals surface area contributed by atoms with E-state index in [1.165, 1.54) is 4.31 Å². The maximum Gasteiger partial charge on any atom is 0.245 e. The predicted octanol–water partition coefficient (Wildman–Crippen LogP) is 1.83. The second-order valence-electron chi connectivity index (χ2n) is 6.88. The molecular weight excluding hydrogens is 364 g/mol. The number of guanidine groups is 2. The molecule has 1 aliphatic carbocycles. The highest BCUT2D eigenvalue weighted by molar-refractivity contribution is 7.89. The number of nitrogens with two attached hydrogens (primary N) is 2. The van der Waals surface area contributed by atoms with Crippen molar-refractivity contribution in [3.05, 3.63) is 24.3 Å². The molecule has 1 fully saturated rings. The predicted molar refractivity (Wildman–Crippen MR) is 108 cm³/mol. The van der Waals surface area contributed by atoms with E-state index >= 15 is 0 Å². The summed E-state index contributed by atoms with van der Waals surface area (Å²) in [5.41, 5.74) is 12.0. The average molecular weight is 393 g/mol. The van der Waals surface area contributed by atoms with E-state index in [0.717, 1.165) is 32.1 Å². The normalized spacial score (nSPS) is 19.9. The van der Waals surface area contributed by atoms with Crippen LogP contribution in [0.25, 0.3) is 0 Å². The fourth-order valence-electron chi connectivity index (χ4n) is 4.03. The molecule has 1 saturated carbocycles. The van der Waals surface area contributed by atoms with Gasteiger partial charge in [-0.1, -0.05) is 32.4 Å². The molecule has 0 bridgehead atoms. The molecule has 2 aliphatic rings. The molecule has 8 nitrogen and oxygen atoms in total. The Bertz CT molecular complexity index is 854. The maximum absolute atomic E-state index is 13.3. The molecule has 0 unspecified atom stereocenters. The van der Waals surface area contributed by atoms with Gasteiger partial charge in [-0.2, -0.15) is 9.30 Å². The van der Waals surface area contributed by atoms with Crippen LogP contribution in [0, 0.1) is 0 Å². The highest BCUT2D eigenvalue weighted by Crippen LogP contribution is 2.41. The fraction of sp³-hybridized carbons (Fsp3) is 0.556. The zero-order chi connectivity index (χ0) is 19.7. The first-order chi connectivity index (χ1) is 12.9. The Kier molecular flexibility index (Phi) is 5.43. The fourth-order valence-corrected chi connectivity index (χ4v) is 5.66. The summed E-state index contributed by atoms with van der Waals surface area (Å²) in [5, 5.41) is 0. The van der Waals surface area contributed by atoms with Crippen LogP contribution in [0.4, 0.5) is 5.69 Å². The Morgan fingerprint density at radius 2 is 1.74 bits per heavy atom. The van der Waals surface area contributed by atoms with Gasteiger partial charge in [0.2, 0.25) is 21.9 Å². The largest absolute Gasteiger partial charge is 0.369 e. The van der Waals surface area contributed by atoms with Gasteiger partial charge in [0.05, 0.1) is 5.69 Å². The number of hydrogen-bond acceptors (Lipinski definition) is 7. The molecule has 0 amide bonds. The molecule has 0 atom stereocenters. The number of benzene rings is 1. The monoisotopic (exact) mass is 392 g/mol. The molecule has 0 radical (unpaired) electrons. The minimum atomic E-state index is -3.67. The third-order valence-corrected chi connectivity index (χ3v) is 7.38. The lowest BCUT2D eigenvalue weighted by Crippen LogP contribution is -2.58. The SMILES string of the molecule is CCN(CC)S(=O)(=O)c1ccccc1N1C(N)=NC(N)=NC12CCCCC2. The summed E-state index contributed by atoms with van der Waals surface area (Å²) in [5.74, 6) is 0.335. The van der Waals surface area contributed by atoms with Gasteiger partial charge < -0.3 is 11.5 Å². The van der Waals surface area contributed by atoms with Gasteiger partial charge in [0.15, 0.2) is 0 Å². The van der Waals surface area contributed by atoms with Gasteiger partial charge in [0, 0.05) is 13.1 Å². The Morgan fingerprint density at radius 3 is 2.37 bits per heavy atom. The highest BCUT2D eigenvalue weighted by atomic mass is 32.2. The van der Waals surface area contributed by atoms with Crippen molar-refractivity contribution in [1.82, 2.24) is 4.31 Å². The lowest BCUT2D eigenvalue weighted by Gasteiger charge is -2.46. The van der Waals surface area contributed by atoms with Crippen molar-refractivity contribution in [2.24, 2.45) is 21.5 Å². The van der Waals surface area contributed by atoms with Crippen LogP contribution in [0.5, 0.6) is 0 Å². The van der Waals surface area contributed by atoms with Crippen LogP contribution in [-0.4, -0.2) is 43.4 Å². The molecule has 1 aromatic rings. The summed E-state index contributed by atoms with van der Waals surface area (Å²) in [6.07, 6.45) is 4.58. The van der Waals surface area contributed by atoms with E-state index < -0.39 is 15.7 Å². The Hall–Kier alpha value is -2.13. The summed E-state index contributed by atoms with van der Waals surface area (Å²) in [6, 6.07) is 6.92. The summed E-state index contributed by atoms with van der Waals surface area (Å²) in [7, 11) is -3.67. The molecule has 9 heteroatoms. The molecule has 4 N–H and O–H groups in total. The molecule has 1 aromatic carbocycles. The number of para-hydroxylation sites is 1. The third-order valence-electron chi connectivity index (χ3n) is 5.28. The Labute approximate surface area is 161 Å². The van der Waals surface area contributed by atoms with Gasteiger partial charge in [-0.05, 0) is 37.8 Å². The van der Waals surface area contributed by atoms with Crippen LogP contribution in [0.1, 0.15) is 46.0 Å². The summed E-state index contributed by atoms with van der Waals surface area (Å²) in [4.78, 5) is 10.8. The van der Waals surface area contributed by atoms with Crippen LogP contribution in [-0.2, 0) is 10.0 Å². The number of rotatable bonds is 5. The first-order valence-electron chi connectivity index (χ1n) is 9.44. The summed E-state index contributed by atoms with van der Waals surface area (Å²) < 4.78 is 28.0. The van der Waals surface area contributed by atoms with E-state index in [0.29, 0.717) is 18.8 Å². The van der Waals surface area contributed by atoms with Gasteiger partial charge in [-0.15, -0.1) is 0 Å². The first-order valence-corrected chi connectivity index (χ1v) is 10.9. The molecule has 1 heterocycles. The van der Waals surface area contributed by atoms with Gasteiger partial charge in [0.25, 0.3) is 0 Å². The number of anilines is 1. The Balaban J connectivity index is 2.17. The van der Waals surface area contributed by atoms with Gasteiger partial charge >= 0.3 is 0 Å². The molecular formula is C18H28N6O2S. The first kappa shape index (κ1) is 19.6. The number of hydrogen-bond donors (Lipinski definition) is 2. The second-order valence-corrected chi connectivity index (χ2v) is 8.78. The molecule has 148 valence electrons. The third kappa shape index (κ3) is 3.41. The average Bonchev–Trinajstić information content (AvgIpc) is 2.62. The van der Waals surface area contributed by atoms with E-state index in [2.05, 4.69) is 9.98 Å². The topological polar surface area (TPSA) is 117 Å². The number of sulfonamides is 1. The van der Waals surface area contributed by atoms with Crippen molar-refractivity contribution < 1.29 is 8.42 Å². The summed E-state index contributed by atoms with van der Waals surface area (Å²) in [6.45, 7) is 4.45. The standard InChI is InChI=1S/C18H28N6O2S/c1-3-23(4-2)27(25,26)15-11-7-6-10-14(15)24-17(20)21-16(19)22-18(24)12-8-5-9-13-18/h6-7,10-11H,3-5,8-9,12-13H2,1-2H3,(H4,19,20,21,22). The molecule has 1 spiro atoms. The van der Waals surface area contributed by atoms with Crippen molar-refractivity contribution in [3.8, 4) is 0 Å². The smallest absolute Gasteiger partial charge is 0.245 e. The van der Waals surface area contributed by atoms with Crippen molar-refractivity contribution >= 4 is 27.6 Å². The van der Waals surface area contributed by atoms with Crippen molar-refractivity contribution in [1.29, 1.82) is 0 Å². The van der Waals surface area contributed by atoms with Crippen molar-refractivity contribution in [2.75, 3.05) is 18.0 Å². The van der Waals surface area contributed by atoms with E-state index in [-0.39, 0.29) is 16.8 Å². The highest BCUT2D eigenvalue weighted by Gasteiger charge is 2.44. The van der Waals surface area contributed by atoms with E-state index in [1.54, 1.807) is 23.1 Å². The lowest BCUT2D eigenvalue weighted by atomic mass is 9.87. The molecule has 1 aliphatic heterocycles. The van der Waals surface area contributed by atoms with Crippen molar-refractivity contribution in [3.63, 3.8) is 0 Å². The maximum atomic E-state index is 13.3. The van der Waals surface area contributed by atoms with Crippen LogP contribution in [0.3, 0.4) is 0 Å². The van der Waals surface area contributed by atoms with Crippen LogP contribution >= 0.6 is 0 Å². The van der Waals surface area contributed by atoms with Gasteiger partial charge in [-0.3, -0.25) is 4.90 Å². The Morgan fingerprint density at radius 1 is 1.11 bits per heavy atom. The minimum absolute atomic E-state index is 0.148. The zero-order valence-corrected chi connectivity index (χ0v) is 16.7. The zero-order valence-electron chi connectivity index (χ0n) is 15.9. The molecule has 0 aromatic heterocycles. The second kappa shape index (κ2) is 7.47.